The SMILES string of the molecule is COc1cccc(C#CC(O)(C(=O)Nc2ccc(C#N)c(Cl)c2)C2CCOCC2)c1. The summed E-state index contributed by atoms with van der Waals surface area (Å²) in [5.41, 5.74) is -0.633. The quantitative estimate of drug-likeness (QED) is 0.734. The molecule has 0 radical (unpaired) electrons. The van der Waals surface area contributed by atoms with Crippen molar-refractivity contribution in [3.8, 4) is 23.7 Å². The summed E-state index contributed by atoms with van der Waals surface area (Å²) in [6.45, 7) is 0.896. The lowest BCUT2D eigenvalue weighted by Crippen LogP contribution is -2.50. The van der Waals surface area contributed by atoms with Crippen molar-refractivity contribution in [1.82, 2.24) is 0 Å². The van der Waals surface area contributed by atoms with Crippen molar-refractivity contribution in [3.63, 3.8) is 0 Å². The number of nitriles is 1. The van der Waals surface area contributed by atoms with Crippen LogP contribution in [0.1, 0.15) is 24.0 Å². The predicted molar refractivity (Wildman–Crippen MR) is 113 cm³/mol. The molecule has 154 valence electrons. The summed E-state index contributed by atoms with van der Waals surface area (Å²) in [6.07, 6.45) is 1.01. The molecule has 30 heavy (non-hydrogen) atoms. The minimum absolute atomic E-state index is 0.215. The number of methoxy groups -OCH3 is 1. The molecular formula is C23H21ClN2O4. The van der Waals surface area contributed by atoms with Crippen LogP contribution in [-0.2, 0) is 9.53 Å². The Labute approximate surface area is 180 Å². The van der Waals surface area contributed by atoms with E-state index in [0.29, 0.717) is 48.6 Å². The van der Waals surface area contributed by atoms with Crippen molar-refractivity contribution in [2.24, 2.45) is 5.92 Å². The van der Waals surface area contributed by atoms with Gasteiger partial charge < -0.3 is 19.9 Å². The van der Waals surface area contributed by atoms with Crippen LogP contribution in [0.25, 0.3) is 0 Å². The maximum Gasteiger partial charge on any atom is 0.269 e. The largest absolute Gasteiger partial charge is 0.497 e. The molecule has 1 heterocycles. The number of hydrogen-bond donors (Lipinski definition) is 2. The molecule has 1 fully saturated rings. The average molecular weight is 425 g/mol. The van der Waals surface area contributed by atoms with Crippen LogP contribution < -0.4 is 10.1 Å². The van der Waals surface area contributed by atoms with Gasteiger partial charge in [0.05, 0.1) is 17.7 Å². The number of carbonyl (C=O) groups is 1. The molecule has 0 aliphatic carbocycles. The summed E-state index contributed by atoms with van der Waals surface area (Å²) in [4.78, 5) is 13.1. The lowest BCUT2D eigenvalue weighted by atomic mass is 9.81. The molecule has 1 saturated heterocycles. The zero-order valence-electron chi connectivity index (χ0n) is 16.4. The van der Waals surface area contributed by atoms with E-state index in [1.54, 1.807) is 37.4 Å². The number of aliphatic hydroxyl groups is 1. The van der Waals surface area contributed by atoms with Crippen LogP contribution in [0.4, 0.5) is 5.69 Å². The minimum Gasteiger partial charge on any atom is -0.497 e. The first kappa shape index (κ1) is 21.7. The second-order valence-electron chi connectivity index (χ2n) is 6.90. The topological polar surface area (TPSA) is 91.6 Å². The van der Waals surface area contributed by atoms with Gasteiger partial charge in [-0.1, -0.05) is 29.5 Å². The van der Waals surface area contributed by atoms with E-state index in [0.717, 1.165) is 0 Å². The van der Waals surface area contributed by atoms with E-state index in [1.807, 2.05) is 6.07 Å². The molecule has 0 saturated carbocycles. The average Bonchev–Trinajstić information content (AvgIpc) is 2.78. The Hall–Kier alpha value is -3.03. The Balaban J connectivity index is 1.91. The van der Waals surface area contributed by atoms with Crippen LogP contribution in [0.15, 0.2) is 42.5 Å². The van der Waals surface area contributed by atoms with E-state index in [2.05, 4.69) is 17.2 Å². The highest BCUT2D eigenvalue weighted by Crippen LogP contribution is 2.30. The van der Waals surface area contributed by atoms with Crippen molar-refractivity contribution in [1.29, 1.82) is 5.26 Å². The van der Waals surface area contributed by atoms with Gasteiger partial charge in [0.15, 0.2) is 0 Å². The first-order valence-electron chi connectivity index (χ1n) is 9.44. The minimum atomic E-state index is -1.92. The van der Waals surface area contributed by atoms with Crippen LogP contribution in [0.2, 0.25) is 5.02 Å². The molecule has 0 spiro atoms. The number of benzene rings is 2. The van der Waals surface area contributed by atoms with Crippen molar-refractivity contribution in [2.45, 2.75) is 18.4 Å². The van der Waals surface area contributed by atoms with E-state index in [-0.39, 0.29) is 5.02 Å². The number of amides is 1. The van der Waals surface area contributed by atoms with Gasteiger partial charge >= 0.3 is 0 Å². The van der Waals surface area contributed by atoms with Gasteiger partial charge in [0.1, 0.15) is 11.8 Å². The monoisotopic (exact) mass is 424 g/mol. The first-order chi connectivity index (χ1) is 14.5. The lowest BCUT2D eigenvalue weighted by Gasteiger charge is -2.33. The van der Waals surface area contributed by atoms with Gasteiger partial charge in [-0.05, 0) is 49.2 Å². The first-order valence-corrected chi connectivity index (χ1v) is 9.82. The fourth-order valence-electron chi connectivity index (χ4n) is 3.24. The highest BCUT2D eigenvalue weighted by Gasteiger charge is 2.43. The number of hydrogen-bond acceptors (Lipinski definition) is 5. The van der Waals surface area contributed by atoms with Gasteiger partial charge in [-0.15, -0.1) is 0 Å². The summed E-state index contributed by atoms with van der Waals surface area (Å²) >= 11 is 6.05. The van der Waals surface area contributed by atoms with E-state index < -0.39 is 17.4 Å². The highest BCUT2D eigenvalue weighted by atomic mass is 35.5. The van der Waals surface area contributed by atoms with Gasteiger partial charge in [0.2, 0.25) is 5.60 Å². The smallest absolute Gasteiger partial charge is 0.269 e. The molecule has 0 bridgehead atoms. The molecule has 0 aromatic heterocycles. The number of anilines is 1. The Bertz CT molecular complexity index is 1030. The molecule has 3 rings (SSSR count). The van der Waals surface area contributed by atoms with Gasteiger partial charge in [-0.25, -0.2) is 0 Å². The molecule has 1 aliphatic heterocycles. The number of carbonyl (C=O) groups excluding carboxylic acids is 1. The standard InChI is InChI=1S/C23H21ClN2O4/c1-29-20-4-2-3-16(13-20)7-10-23(28,18-8-11-30-12-9-18)22(27)26-19-6-5-17(15-25)21(24)14-19/h2-6,13-14,18,28H,8-9,11-12H2,1H3,(H,26,27). The van der Waals surface area contributed by atoms with Gasteiger partial charge in [-0.3, -0.25) is 4.79 Å². The molecule has 1 atom stereocenters. The maximum atomic E-state index is 13.1. The second-order valence-corrected chi connectivity index (χ2v) is 7.30. The summed E-state index contributed by atoms with van der Waals surface area (Å²) in [5, 5.41) is 23.3. The zero-order valence-corrected chi connectivity index (χ0v) is 17.2. The van der Waals surface area contributed by atoms with Gasteiger partial charge in [0, 0.05) is 30.4 Å². The molecule has 7 heteroatoms. The highest BCUT2D eigenvalue weighted by molar-refractivity contribution is 6.32. The maximum absolute atomic E-state index is 13.1. The molecule has 2 aromatic rings. The zero-order chi connectivity index (χ0) is 21.6. The van der Waals surface area contributed by atoms with E-state index in [1.165, 1.54) is 12.1 Å². The van der Waals surface area contributed by atoms with Crippen LogP contribution in [-0.4, -0.2) is 36.9 Å². The number of nitrogens with zero attached hydrogens (tertiary/aromatic N) is 1. The summed E-state index contributed by atoms with van der Waals surface area (Å²) in [7, 11) is 1.56. The lowest BCUT2D eigenvalue weighted by molar-refractivity contribution is -0.136. The predicted octanol–water partition coefficient (Wildman–Crippen LogP) is 3.37. The van der Waals surface area contributed by atoms with Crippen LogP contribution in [0, 0.1) is 29.1 Å². The van der Waals surface area contributed by atoms with Gasteiger partial charge in [-0.2, -0.15) is 5.26 Å². The third kappa shape index (κ3) is 4.93. The van der Waals surface area contributed by atoms with E-state index in [9.17, 15) is 9.90 Å². The Kier molecular flexibility index (Phi) is 6.97. The molecule has 2 N–H and O–H groups in total. The van der Waals surface area contributed by atoms with Crippen molar-refractivity contribution in [2.75, 3.05) is 25.6 Å². The number of nitrogens with one attached hydrogen (secondary N) is 1. The Morgan fingerprint density at radius 2 is 2.07 bits per heavy atom. The van der Waals surface area contributed by atoms with E-state index >= 15 is 0 Å². The van der Waals surface area contributed by atoms with Crippen LogP contribution >= 0.6 is 11.6 Å². The number of rotatable bonds is 4. The fourth-order valence-corrected chi connectivity index (χ4v) is 3.46. The number of halogens is 1. The fraction of sp³-hybridized carbons (Fsp3) is 0.304. The normalized spacial score (nSPS) is 15.8. The molecule has 1 unspecified atom stereocenters. The van der Waals surface area contributed by atoms with Crippen LogP contribution in [0.3, 0.4) is 0 Å². The third-order valence-electron chi connectivity index (χ3n) is 4.97. The third-order valence-corrected chi connectivity index (χ3v) is 5.29. The van der Waals surface area contributed by atoms with E-state index in [4.69, 9.17) is 26.3 Å². The Morgan fingerprint density at radius 1 is 1.30 bits per heavy atom. The Morgan fingerprint density at radius 3 is 2.73 bits per heavy atom. The summed E-state index contributed by atoms with van der Waals surface area (Å²) in [6, 6.07) is 13.6. The van der Waals surface area contributed by atoms with Crippen molar-refractivity contribution < 1.29 is 19.4 Å². The summed E-state index contributed by atoms with van der Waals surface area (Å²) in [5.74, 6) is 5.28. The number of ether oxygens (including phenoxy) is 2. The van der Waals surface area contributed by atoms with Gasteiger partial charge in [0.25, 0.3) is 5.91 Å². The molecule has 2 aromatic carbocycles. The van der Waals surface area contributed by atoms with Crippen molar-refractivity contribution in [3.05, 3.63) is 58.6 Å². The molecule has 6 nitrogen and oxygen atoms in total. The molecular weight excluding hydrogens is 404 g/mol. The second kappa shape index (κ2) is 9.65. The molecule has 1 aliphatic rings. The molecule has 1 amide bonds. The van der Waals surface area contributed by atoms with Crippen molar-refractivity contribution >= 4 is 23.2 Å². The summed E-state index contributed by atoms with van der Waals surface area (Å²) < 4.78 is 10.6. The van der Waals surface area contributed by atoms with Crippen LogP contribution in [0.5, 0.6) is 5.75 Å².